The van der Waals surface area contributed by atoms with E-state index in [0.29, 0.717) is 5.56 Å². The highest BCUT2D eigenvalue weighted by Crippen LogP contribution is 2.30. The maximum Gasteiger partial charge on any atom is 0.275 e. The smallest absolute Gasteiger partial charge is 0.275 e. The zero-order valence-electron chi connectivity index (χ0n) is 10.5. The molecule has 108 valence electrons. The van der Waals surface area contributed by atoms with E-state index in [-0.39, 0.29) is 27.2 Å². The average Bonchev–Trinajstić information content (AvgIpc) is 2.44. The maximum absolute atomic E-state index is 12.7. The minimum absolute atomic E-state index is 0.0323. The summed E-state index contributed by atoms with van der Waals surface area (Å²) in [5, 5.41) is 13.6. The van der Waals surface area contributed by atoms with Crippen molar-refractivity contribution in [3.8, 4) is 5.75 Å². The topological polar surface area (TPSA) is 61.7 Å². The molecule has 2 N–H and O–H groups in total. The van der Waals surface area contributed by atoms with Gasteiger partial charge in [-0.25, -0.2) is 9.82 Å². The minimum atomic E-state index is -0.671. The van der Waals surface area contributed by atoms with E-state index in [2.05, 4.69) is 10.5 Å². The van der Waals surface area contributed by atoms with Gasteiger partial charge >= 0.3 is 0 Å². The van der Waals surface area contributed by atoms with Crippen molar-refractivity contribution in [2.45, 2.75) is 0 Å². The highest BCUT2D eigenvalue weighted by Gasteiger charge is 2.14. The van der Waals surface area contributed by atoms with Crippen molar-refractivity contribution in [3.63, 3.8) is 0 Å². The molecule has 2 rings (SSSR count). The van der Waals surface area contributed by atoms with Gasteiger partial charge < -0.3 is 5.11 Å². The van der Waals surface area contributed by atoms with Crippen LogP contribution in [0.25, 0.3) is 0 Å². The second-order valence-electron chi connectivity index (χ2n) is 4.03. The van der Waals surface area contributed by atoms with Crippen LogP contribution in [0.15, 0.2) is 41.5 Å². The molecule has 0 aliphatic rings. The Labute approximate surface area is 129 Å². The molecule has 0 radical (unpaired) electrons. The summed E-state index contributed by atoms with van der Waals surface area (Å²) in [5.74, 6) is -1.42. The number of aromatic hydroxyl groups is 1. The summed E-state index contributed by atoms with van der Waals surface area (Å²) in [7, 11) is 0. The van der Waals surface area contributed by atoms with Crippen molar-refractivity contribution in [1.82, 2.24) is 5.43 Å². The van der Waals surface area contributed by atoms with E-state index >= 15 is 0 Å². The van der Waals surface area contributed by atoms with E-state index in [4.69, 9.17) is 23.2 Å². The van der Waals surface area contributed by atoms with Crippen molar-refractivity contribution in [1.29, 1.82) is 0 Å². The van der Waals surface area contributed by atoms with Gasteiger partial charge in [-0.15, -0.1) is 0 Å². The molecule has 1 amide bonds. The Morgan fingerprint density at radius 3 is 2.57 bits per heavy atom. The molecule has 4 nitrogen and oxygen atoms in total. The number of hydrogen-bond donors (Lipinski definition) is 2. The number of rotatable bonds is 3. The molecule has 0 bridgehead atoms. The molecule has 21 heavy (non-hydrogen) atoms. The molecular formula is C14H9Cl2FN2O2. The van der Waals surface area contributed by atoms with E-state index in [1.165, 1.54) is 42.6 Å². The van der Waals surface area contributed by atoms with Gasteiger partial charge in [0.2, 0.25) is 0 Å². The van der Waals surface area contributed by atoms with Crippen LogP contribution in [0.2, 0.25) is 10.0 Å². The van der Waals surface area contributed by atoms with Gasteiger partial charge in [0, 0.05) is 5.02 Å². The van der Waals surface area contributed by atoms with Crippen LogP contribution < -0.4 is 5.43 Å². The largest absolute Gasteiger partial charge is 0.506 e. The molecule has 2 aromatic carbocycles. The number of benzene rings is 2. The van der Waals surface area contributed by atoms with Gasteiger partial charge in [0.25, 0.3) is 5.91 Å². The fourth-order valence-electron chi connectivity index (χ4n) is 1.51. The Morgan fingerprint density at radius 1 is 1.24 bits per heavy atom. The molecule has 0 aliphatic carbocycles. The highest BCUT2D eigenvalue weighted by molar-refractivity contribution is 6.36. The third-order valence-corrected chi connectivity index (χ3v) is 3.03. The number of amides is 1. The summed E-state index contributed by atoms with van der Waals surface area (Å²) in [4.78, 5) is 11.9. The molecular weight excluding hydrogens is 318 g/mol. The van der Waals surface area contributed by atoms with Gasteiger partial charge in [-0.05, 0) is 29.8 Å². The summed E-state index contributed by atoms with van der Waals surface area (Å²) in [6.45, 7) is 0. The fraction of sp³-hybridized carbons (Fsp3) is 0. The fourth-order valence-corrected chi connectivity index (χ4v) is 2.01. The molecule has 0 heterocycles. The number of phenolic OH excluding ortho intramolecular Hbond substituents is 1. The molecule has 0 atom stereocenters. The van der Waals surface area contributed by atoms with E-state index in [9.17, 15) is 14.3 Å². The Morgan fingerprint density at radius 2 is 1.90 bits per heavy atom. The van der Waals surface area contributed by atoms with Gasteiger partial charge in [0.05, 0.1) is 16.8 Å². The van der Waals surface area contributed by atoms with E-state index < -0.39 is 5.91 Å². The number of hydrazone groups is 1. The summed E-state index contributed by atoms with van der Waals surface area (Å²) >= 11 is 11.5. The second-order valence-corrected chi connectivity index (χ2v) is 4.88. The van der Waals surface area contributed by atoms with Crippen LogP contribution in [-0.4, -0.2) is 17.2 Å². The maximum atomic E-state index is 12.7. The zero-order chi connectivity index (χ0) is 15.4. The molecule has 0 saturated carbocycles. The predicted octanol–water partition coefficient (Wildman–Crippen LogP) is 3.60. The summed E-state index contributed by atoms with van der Waals surface area (Å²) < 4.78 is 12.7. The minimum Gasteiger partial charge on any atom is -0.506 e. The monoisotopic (exact) mass is 326 g/mol. The van der Waals surface area contributed by atoms with Crippen molar-refractivity contribution in [2.24, 2.45) is 5.10 Å². The lowest BCUT2D eigenvalue weighted by Crippen LogP contribution is -2.17. The number of nitrogens with zero attached hydrogens (tertiary/aromatic N) is 1. The Hall–Kier alpha value is -2.11. The van der Waals surface area contributed by atoms with Crippen molar-refractivity contribution < 1.29 is 14.3 Å². The Balaban J connectivity index is 2.10. The molecule has 2 aromatic rings. The van der Waals surface area contributed by atoms with Crippen molar-refractivity contribution >= 4 is 35.3 Å². The molecule has 0 aromatic heterocycles. The summed E-state index contributed by atoms with van der Waals surface area (Å²) in [5.41, 5.74) is 2.72. The first-order chi connectivity index (χ1) is 9.97. The lowest BCUT2D eigenvalue weighted by Gasteiger charge is -2.05. The molecule has 0 spiro atoms. The number of carbonyl (C=O) groups is 1. The molecule has 0 unspecified atom stereocenters. The molecule has 0 saturated heterocycles. The lowest BCUT2D eigenvalue weighted by atomic mass is 10.2. The quantitative estimate of drug-likeness (QED) is 0.668. The first-order valence-electron chi connectivity index (χ1n) is 5.74. The zero-order valence-corrected chi connectivity index (χ0v) is 12.0. The molecule has 0 aliphatic heterocycles. The van der Waals surface area contributed by atoms with E-state index in [1.54, 1.807) is 0 Å². The number of halogens is 3. The predicted molar refractivity (Wildman–Crippen MR) is 79.6 cm³/mol. The van der Waals surface area contributed by atoms with Crippen LogP contribution in [-0.2, 0) is 0 Å². The summed E-state index contributed by atoms with van der Waals surface area (Å²) in [6.07, 6.45) is 1.33. The van der Waals surface area contributed by atoms with Crippen LogP contribution in [0.1, 0.15) is 15.9 Å². The van der Waals surface area contributed by atoms with E-state index in [1.807, 2.05) is 0 Å². The third-order valence-electron chi connectivity index (χ3n) is 2.52. The second kappa shape index (κ2) is 6.56. The van der Waals surface area contributed by atoms with Crippen LogP contribution in [0.4, 0.5) is 4.39 Å². The molecule has 0 fully saturated rings. The Bertz CT molecular complexity index is 703. The van der Waals surface area contributed by atoms with Crippen LogP contribution in [0, 0.1) is 5.82 Å². The van der Waals surface area contributed by atoms with Crippen LogP contribution >= 0.6 is 23.2 Å². The highest BCUT2D eigenvalue weighted by atomic mass is 35.5. The van der Waals surface area contributed by atoms with Gasteiger partial charge in [-0.3, -0.25) is 4.79 Å². The summed E-state index contributed by atoms with van der Waals surface area (Å²) in [6, 6.07) is 8.12. The van der Waals surface area contributed by atoms with E-state index in [0.717, 1.165) is 0 Å². The number of phenols is 1. The molecule has 7 heteroatoms. The van der Waals surface area contributed by atoms with Gasteiger partial charge in [-0.2, -0.15) is 5.10 Å². The van der Waals surface area contributed by atoms with Crippen molar-refractivity contribution in [3.05, 3.63) is 63.4 Å². The number of hydrogen-bond acceptors (Lipinski definition) is 3. The first kappa shape index (κ1) is 15.3. The van der Waals surface area contributed by atoms with Crippen molar-refractivity contribution in [2.75, 3.05) is 0 Å². The lowest BCUT2D eigenvalue weighted by molar-refractivity contribution is 0.0952. The van der Waals surface area contributed by atoms with Gasteiger partial charge in [0.15, 0.2) is 0 Å². The first-order valence-corrected chi connectivity index (χ1v) is 6.50. The van der Waals surface area contributed by atoms with Crippen LogP contribution in [0.3, 0.4) is 0 Å². The standard InChI is InChI=1S/C14H9Cl2FN2O2/c15-9-5-11(13(20)12(16)6-9)14(21)19-18-7-8-1-3-10(17)4-2-8/h1-7,20H,(H,19,21). The van der Waals surface area contributed by atoms with Crippen LogP contribution in [0.5, 0.6) is 5.75 Å². The Kier molecular flexibility index (Phi) is 4.77. The average molecular weight is 327 g/mol. The number of carbonyl (C=O) groups excluding carboxylic acids is 1. The third kappa shape index (κ3) is 3.93. The SMILES string of the molecule is O=C(NN=Cc1ccc(F)cc1)c1cc(Cl)cc(Cl)c1O. The number of nitrogens with one attached hydrogen (secondary N) is 1. The normalized spacial score (nSPS) is 10.8. The van der Waals surface area contributed by atoms with Gasteiger partial charge in [0.1, 0.15) is 11.6 Å². The van der Waals surface area contributed by atoms with Gasteiger partial charge in [-0.1, -0.05) is 35.3 Å².